The van der Waals surface area contributed by atoms with Gasteiger partial charge in [-0.05, 0) is 42.6 Å². The van der Waals surface area contributed by atoms with Gasteiger partial charge in [-0.3, -0.25) is 0 Å². The van der Waals surface area contributed by atoms with Gasteiger partial charge in [0.25, 0.3) is 0 Å². The highest BCUT2D eigenvalue weighted by molar-refractivity contribution is 7.22. The first-order valence-electron chi connectivity index (χ1n) is 9.22. The van der Waals surface area contributed by atoms with Gasteiger partial charge >= 0.3 is 5.63 Å². The van der Waals surface area contributed by atoms with E-state index in [4.69, 9.17) is 4.42 Å². The summed E-state index contributed by atoms with van der Waals surface area (Å²) < 4.78 is 6.89. The van der Waals surface area contributed by atoms with Crippen LogP contribution in [0.2, 0.25) is 0 Å². The Morgan fingerprint density at radius 2 is 2.00 bits per heavy atom. The standard InChI is InChI=1S/C22H20N2O2S/c1-14-13-24(9-8-23-14)17-7-6-15-10-18(22(25)26-19(15)12-17)21-11-16-4-2-3-5-20(16)27-21/h2-7,10-12,14,23H,8-9,13H2,1H3/t14-/m0/s1. The molecule has 4 nitrogen and oxygen atoms in total. The van der Waals surface area contributed by atoms with Gasteiger partial charge in [-0.2, -0.15) is 0 Å². The Bertz CT molecular complexity index is 1160. The van der Waals surface area contributed by atoms with Crippen LogP contribution in [0.1, 0.15) is 6.92 Å². The van der Waals surface area contributed by atoms with Crippen molar-refractivity contribution in [1.82, 2.24) is 5.32 Å². The fourth-order valence-corrected chi connectivity index (χ4v) is 4.82. The molecule has 0 radical (unpaired) electrons. The summed E-state index contributed by atoms with van der Waals surface area (Å²) in [6.07, 6.45) is 0. The van der Waals surface area contributed by atoms with E-state index in [1.54, 1.807) is 11.3 Å². The van der Waals surface area contributed by atoms with Gasteiger partial charge in [-0.15, -0.1) is 11.3 Å². The smallest absolute Gasteiger partial charge is 0.345 e. The van der Waals surface area contributed by atoms with Gasteiger partial charge in [0, 0.05) is 52.4 Å². The second-order valence-electron chi connectivity index (χ2n) is 7.12. The minimum Gasteiger partial charge on any atom is -0.422 e. The zero-order valence-corrected chi connectivity index (χ0v) is 15.9. The van der Waals surface area contributed by atoms with Gasteiger partial charge in [0.2, 0.25) is 0 Å². The highest BCUT2D eigenvalue weighted by atomic mass is 32.1. The summed E-state index contributed by atoms with van der Waals surface area (Å²) in [5, 5.41) is 5.56. The maximum absolute atomic E-state index is 12.7. The van der Waals surface area contributed by atoms with Gasteiger partial charge in [0.1, 0.15) is 5.58 Å². The predicted molar refractivity (Wildman–Crippen MR) is 113 cm³/mol. The third-order valence-corrected chi connectivity index (χ3v) is 6.29. The summed E-state index contributed by atoms with van der Waals surface area (Å²) in [7, 11) is 0. The van der Waals surface area contributed by atoms with Crippen LogP contribution in [0.25, 0.3) is 31.5 Å². The Morgan fingerprint density at radius 1 is 1.11 bits per heavy atom. The molecule has 3 heterocycles. The molecule has 1 saturated heterocycles. The Morgan fingerprint density at radius 3 is 2.85 bits per heavy atom. The van der Waals surface area contributed by atoms with Gasteiger partial charge in [-0.25, -0.2) is 4.79 Å². The Hall–Kier alpha value is -2.63. The maximum Gasteiger partial charge on any atom is 0.345 e. The molecule has 0 saturated carbocycles. The van der Waals surface area contributed by atoms with Crippen LogP contribution in [-0.2, 0) is 0 Å². The molecular weight excluding hydrogens is 356 g/mol. The zero-order chi connectivity index (χ0) is 18.4. The number of hydrogen-bond donors (Lipinski definition) is 1. The first-order chi connectivity index (χ1) is 13.2. The Balaban J connectivity index is 1.57. The number of fused-ring (bicyclic) bond motifs is 2. The average Bonchev–Trinajstić information content (AvgIpc) is 3.11. The molecule has 1 fully saturated rings. The minimum atomic E-state index is -0.278. The summed E-state index contributed by atoms with van der Waals surface area (Å²) >= 11 is 1.62. The lowest BCUT2D eigenvalue weighted by atomic mass is 10.1. The molecular formula is C22H20N2O2S. The van der Waals surface area contributed by atoms with Gasteiger partial charge < -0.3 is 14.6 Å². The SMILES string of the molecule is C[C@H]1CN(c2ccc3cc(-c4cc5ccccc5s4)c(=O)oc3c2)CCN1. The van der Waals surface area contributed by atoms with Crippen molar-refractivity contribution < 1.29 is 4.42 Å². The number of hydrogen-bond acceptors (Lipinski definition) is 5. The van der Waals surface area contributed by atoms with Gasteiger partial charge in [-0.1, -0.05) is 18.2 Å². The van der Waals surface area contributed by atoms with E-state index in [0.717, 1.165) is 41.0 Å². The average molecular weight is 376 g/mol. The third-order valence-electron chi connectivity index (χ3n) is 5.14. The van der Waals surface area contributed by atoms with Crippen LogP contribution in [0.15, 0.2) is 63.8 Å². The van der Waals surface area contributed by atoms with Gasteiger partial charge in [0.05, 0.1) is 5.56 Å². The Labute approximate surface area is 161 Å². The molecule has 1 atom stereocenters. The molecule has 5 rings (SSSR count). The fourth-order valence-electron chi connectivity index (χ4n) is 3.75. The molecule has 0 bridgehead atoms. The molecule has 2 aromatic heterocycles. The normalized spacial score (nSPS) is 17.7. The third kappa shape index (κ3) is 3.03. The van der Waals surface area contributed by atoms with Crippen molar-refractivity contribution in [2.24, 2.45) is 0 Å². The largest absolute Gasteiger partial charge is 0.422 e. The van der Waals surface area contributed by atoms with Crippen molar-refractivity contribution in [2.75, 3.05) is 24.5 Å². The number of nitrogens with one attached hydrogen (secondary N) is 1. The van der Waals surface area contributed by atoms with Gasteiger partial charge in [0.15, 0.2) is 0 Å². The summed E-state index contributed by atoms with van der Waals surface area (Å²) in [5.41, 5.74) is 2.11. The summed E-state index contributed by atoms with van der Waals surface area (Å²) in [6.45, 7) is 5.06. The second-order valence-corrected chi connectivity index (χ2v) is 8.20. The second kappa shape index (κ2) is 6.51. The predicted octanol–water partition coefficient (Wildman–Crippen LogP) is 4.47. The zero-order valence-electron chi connectivity index (χ0n) is 15.1. The van der Waals surface area contributed by atoms with Crippen molar-refractivity contribution >= 4 is 38.1 Å². The lowest BCUT2D eigenvalue weighted by Gasteiger charge is -2.33. The minimum absolute atomic E-state index is 0.278. The molecule has 1 N–H and O–H groups in total. The van der Waals surface area contributed by atoms with Crippen LogP contribution >= 0.6 is 11.3 Å². The fraction of sp³-hybridized carbons (Fsp3) is 0.227. The molecule has 5 heteroatoms. The molecule has 27 heavy (non-hydrogen) atoms. The van der Waals surface area contributed by atoms with E-state index in [9.17, 15) is 4.79 Å². The first kappa shape index (κ1) is 16.5. The van der Waals surface area contributed by atoms with E-state index in [1.165, 1.54) is 4.70 Å². The maximum atomic E-state index is 12.7. The molecule has 136 valence electrons. The Kier molecular flexibility index (Phi) is 3.99. The van der Waals surface area contributed by atoms with Crippen LogP contribution in [0.4, 0.5) is 5.69 Å². The molecule has 0 amide bonds. The van der Waals surface area contributed by atoms with Crippen molar-refractivity contribution in [2.45, 2.75) is 13.0 Å². The molecule has 0 spiro atoms. The van der Waals surface area contributed by atoms with E-state index in [2.05, 4.69) is 47.5 Å². The lowest BCUT2D eigenvalue weighted by Crippen LogP contribution is -2.49. The number of benzene rings is 2. The van der Waals surface area contributed by atoms with Crippen LogP contribution in [0.3, 0.4) is 0 Å². The molecule has 0 unspecified atom stereocenters. The van der Waals surface area contributed by atoms with Crippen LogP contribution in [0.5, 0.6) is 0 Å². The first-order valence-corrected chi connectivity index (χ1v) is 10.0. The van der Waals surface area contributed by atoms with E-state index in [0.29, 0.717) is 17.2 Å². The van der Waals surface area contributed by atoms with E-state index < -0.39 is 0 Å². The molecule has 1 aliphatic rings. The summed E-state index contributed by atoms with van der Waals surface area (Å²) in [5.74, 6) is 0. The van der Waals surface area contributed by atoms with Crippen LogP contribution < -0.4 is 15.8 Å². The van der Waals surface area contributed by atoms with Crippen molar-refractivity contribution in [1.29, 1.82) is 0 Å². The lowest BCUT2D eigenvalue weighted by molar-refractivity contribution is 0.484. The number of nitrogens with zero attached hydrogens (tertiary/aromatic N) is 1. The van der Waals surface area contributed by atoms with E-state index in [-0.39, 0.29) is 5.63 Å². The van der Waals surface area contributed by atoms with Crippen LogP contribution in [0, 0.1) is 0 Å². The van der Waals surface area contributed by atoms with Crippen molar-refractivity contribution in [3.8, 4) is 10.4 Å². The molecule has 2 aromatic carbocycles. The number of piperazine rings is 1. The number of anilines is 1. The van der Waals surface area contributed by atoms with E-state index in [1.807, 2.05) is 24.3 Å². The molecule has 1 aliphatic heterocycles. The highest BCUT2D eigenvalue weighted by Crippen LogP contribution is 2.33. The van der Waals surface area contributed by atoms with E-state index >= 15 is 0 Å². The summed E-state index contributed by atoms with van der Waals surface area (Å²) in [4.78, 5) is 16.0. The topological polar surface area (TPSA) is 45.5 Å². The quantitative estimate of drug-likeness (QED) is 0.524. The highest BCUT2D eigenvalue weighted by Gasteiger charge is 2.17. The number of rotatable bonds is 2. The number of thiophene rings is 1. The molecule has 0 aliphatic carbocycles. The monoisotopic (exact) mass is 376 g/mol. The van der Waals surface area contributed by atoms with Crippen LogP contribution in [-0.4, -0.2) is 25.7 Å². The summed E-state index contributed by atoms with van der Waals surface area (Å²) in [6, 6.07) is 18.8. The van der Waals surface area contributed by atoms with Crippen molar-refractivity contribution in [3.05, 3.63) is 65.0 Å². The molecule has 4 aromatic rings. The van der Waals surface area contributed by atoms with Crippen molar-refractivity contribution in [3.63, 3.8) is 0 Å².